The van der Waals surface area contributed by atoms with Crippen molar-refractivity contribution in [2.75, 3.05) is 0 Å². The number of ether oxygens (including phenoxy) is 3. The molecule has 1 saturated carbocycles. The highest BCUT2D eigenvalue weighted by Crippen LogP contribution is 2.51. The fourth-order valence-electron chi connectivity index (χ4n) is 5.73. The fourth-order valence-corrected chi connectivity index (χ4v) is 5.73. The van der Waals surface area contributed by atoms with Crippen molar-refractivity contribution in [1.82, 2.24) is 0 Å². The topological polar surface area (TPSA) is 116 Å². The molecule has 0 saturated heterocycles. The number of esters is 3. The van der Waals surface area contributed by atoms with Crippen LogP contribution >= 0.6 is 0 Å². The second-order valence-corrected chi connectivity index (χ2v) is 11.5. The standard InChI is InChI=1S/C31H40O8/c1-18-13-14-30(6,7)26(35)16-25(34)19(2)15-24-27(38-29(36)23-11-9-8-10-12-23)20(3)17-31(24,39-22(5)33)28(18)37-21(4)32/h8-15,18,20,24-25,27-28,34H,16-17H2,1-7H3/t18-,20-,24+,25-,27+,28-,31-/m1/s1. The largest absolute Gasteiger partial charge is 0.458 e. The molecule has 8 heteroatoms. The van der Waals surface area contributed by atoms with Gasteiger partial charge in [0.25, 0.3) is 0 Å². The van der Waals surface area contributed by atoms with Gasteiger partial charge < -0.3 is 19.3 Å². The number of allylic oxidation sites excluding steroid dienone is 1. The van der Waals surface area contributed by atoms with Crippen LogP contribution < -0.4 is 0 Å². The second-order valence-electron chi connectivity index (χ2n) is 11.5. The summed E-state index contributed by atoms with van der Waals surface area (Å²) in [5.41, 5.74) is -1.46. The van der Waals surface area contributed by atoms with Crippen LogP contribution in [0.4, 0.5) is 0 Å². The van der Waals surface area contributed by atoms with E-state index in [-0.39, 0.29) is 24.5 Å². The van der Waals surface area contributed by atoms with E-state index in [0.717, 1.165) is 0 Å². The molecule has 1 fully saturated rings. The van der Waals surface area contributed by atoms with Gasteiger partial charge in [-0.05, 0) is 50.8 Å². The summed E-state index contributed by atoms with van der Waals surface area (Å²) in [5.74, 6) is -3.40. The number of rotatable bonds is 4. The molecule has 0 bridgehead atoms. The first-order valence-corrected chi connectivity index (χ1v) is 13.4. The number of carbonyl (C=O) groups excluding carboxylic acids is 4. The molecule has 3 rings (SSSR count). The minimum Gasteiger partial charge on any atom is -0.458 e. The van der Waals surface area contributed by atoms with Gasteiger partial charge in [-0.2, -0.15) is 0 Å². The lowest BCUT2D eigenvalue weighted by atomic mass is 9.75. The lowest BCUT2D eigenvalue weighted by molar-refractivity contribution is -0.195. The van der Waals surface area contributed by atoms with Crippen molar-refractivity contribution in [3.05, 3.63) is 59.7 Å². The Kier molecular flexibility index (Phi) is 9.21. The average molecular weight is 541 g/mol. The summed E-state index contributed by atoms with van der Waals surface area (Å²) < 4.78 is 18.0. The Morgan fingerprint density at radius 2 is 1.64 bits per heavy atom. The highest BCUT2D eigenvalue weighted by atomic mass is 16.6. The van der Waals surface area contributed by atoms with E-state index < -0.39 is 59.1 Å². The third-order valence-electron chi connectivity index (χ3n) is 7.84. The Bertz CT molecular complexity index is 1150. The summed E-state index contributed by atoms with van der Waals surface area (Å²) in [7, 11) is 0. The first kappa shape index (κ1) is 30.3. The monoisotopic (exact) mass is 540 g/mol. The van der Waals surface area contributed by atoms with Crippen LogP contribution in [0.3, 0.4) is 0 Å². The maximum Gasteiger partial charge on any atom is 0.338 e. The molecule has 39 heavy (non-hydrogen) atoms. The van der Waals surface area contributed by atoms with Crippen molar-refractivity contribution >= 4 is 23.7 Å². The molecule has 8 nitrogen and oxygen atoms in total. The van der Waals surface area contributed by atoms with Crippen LogP contribution in [0.2, 0.25) is 0 Å². The lowest BCUT2D eigenvalue weighted by Crippen LogP contribution is -2.55. The molecule has 0 aliphatic heterocycles. The fraction of sp³-hybridized carbons (Fsp3) is 0.548. The van der Waals surface area contributed by atoms with E-state index >= 15 is 0 Å². The van der Waals surface area contributed by atoms with Gasteiger partial charge in [0.15, 0.2) is 5.60 Å². The minimum absolute atomic E-state index is 0.112. The van der Waals surface area contributed by atoms with Gasteiger partial charge in [-0.3, -0.25) is 14.4 Å². The molecule has 1 N–H and O–H groups in total. The number of hydrogen-bond donors (Lipinski definition) is 1. The van der Waals surface area contributed by atoms with E-state index in [2.05, 4.69) is 0 Å². The molecule has 0 heterocycles. The van der Waals surface area contributed by atoms with Gasteiger partial charge in [-0.25, -0.2) is 4.79 Å². The molecule has 0 unspecified atom stereocenters. The molecule has 2 aliphatic carbocycles. The first-order chi connectivity index (χ1) is 18.2. The summed E-state index contributed by atoms with van der Waals surface area (Å²) in [5, 5.41) is 11.0. The van der Waals surface area contributed by atoms with Gasteiger partial charge in [0, 0.05) is 31.6 Å². The molecule has 1 aromatic rings. The van der Waals surface area contributed by atoms with Crippen LogP contribution in [0, 0.1) is 23.2 Å². The number of ketones is 1. The molecule has 0 amide bonds. The highest BCUT2D eigenvalue weighted by molar-refractivity contribution is 5.89. The van der Waals surface area contributed by atoms with Gasteiger partial charge in [0.1, 0.15) is 18.0 Å². The van der Waals surface area contributed by atoms with Crippen LogP contribution in [0.25, 0.3) is 0 Å². The Morgan fingerprint density at radius 3 is 2.23 bits per heavy atom. The van der Waals surface area contributed by atoms with Crippen LogP contribution in [-0.4, -0.2) is 52.7 Å². The van der Waals surface area contributed by atoms with E-state index in [4.69, 9.17) is 14.2 Å². The van der Waals surface area contributed by atoms with Crippen molar-refractivity contribution in [3.8, 4) is 0 Å². The maximum atomic E-state index is 13.2. The molecule has 2 aliphatic rings. The Morgan fingerprint density at radius 1 is 1.00 bits per heavy atom. The third kappa shape index (κ3) is 6.67. The van der Waals surface area contributed by atoms with Crippen molar-refractivity contribution in [2.45, 2.75) is 85.2 Å². The predicted octanol–water partition coefficient (Wildman–Crippen LogP) is 4.60. The Labute approximate surface area is 230 Å². The smallest absolute Gasteiger partial charge is 0.338 e. The highest BCUT2D eigenvalue weighted by Gasteiger charge is 2.62. The zero-order valence-electron chi connectivity index (χ0n) is 23.8. The third-order valence-corrected chi connectivity index (χ3v) is 7.84. The SMILES string of the molecule is CC(=O)O[C@@H]1[C@H](C)C=CC(C)(C)C(=O)C[C@@H](O)C(C)=C[C@H]2[C@@H](OC(=O)c3ccccc3)[C@H](C)C[C@]12OC(C)=O. The summed E-state index contributed by atoms with van der Waals surface area (Å²) in [6, 6.07) is 8.56. The zero-order valence-corrected chi connectivity index (χ0v) is 23.8. The van der Waals surface area contributed by atoms with Crippen molar-refractivity contribution < 1.29 is 38.5 Å². The van der Waals surface area contributed by atoms with E-state index in [1.807, 2.05) is 13.8 Å². The van der Waals surface area contributed by atoms with E-state index in [1.54, 1.807) is 69.3 Å². The zero-order chi connectivity index (χ0) is 29.1. The van der Waals surface area contributed by atoms with Crippen molar-refractivity contribution in [3.63, 3.8) is 0 Å². The molecule has 212 valence electrons. The molecule has 0 radical (unpaired) electrons. The number of fused-ring (bicyclic) bond motifs is 1. The average Bonchev–Trinajstić information content (AvgIpc) is 3.10. The Hall–Kier alpha value is -3.26. The van der Waals surface area contributed by atoms with Crippen molar-refractivity contribution in [1.29, 1.82) is 0 Å². The first-order valence-electron chi connectivity index (χ1n) is 13.4. The van der Waals surface area contributed by atoms with Crippen LogP contribution in [-0.2, 0) is 28.6 Å². The van der Waals surface area contributed by atoms with Crippen LogP contribution in [0.5, 0.6) is 0 Å². The Balaban J connectivity index is 2.23. The van der Waals surface area contributed by atoms with Crippen LogP contribution in [0.15, 0.2) is 54.1 Å². The summed E-state index contributed by atoms with van der Waals surface area (Å²) in [6.45, 7) is 11.5. The van der Waals surface area contributed by atoms with E-state index in [1.165, 1.54) is 13.8 Å². The minimum atomic E-state index is -1.41. The normalized spacial score (nSPS) is 32.6. The van der Waals surface area contributed by atoms with E-state index in [9.17, 15) is 24.3 Å². The maximum absolute atomic E-state index is 13.2. The number of carbonyl (C=O) groups is 4. The quantitative estimate of drug-likeness (QED) is 0.335. The molecule has 0 spiro atoms. The number of aliphatic hydroxyl groups excluding tert-OH is 1. The number of benzene rings is 1. The summed E-state index contributed by atoms with van der Waals surface area (Å²) >= 11 is 0. The van der Waals surface area contributed by atoms with Gasteiger partial charge in [0.2, 0.25) is 0 Å². The number of Topliss-reactive ketones (excluding diaryl/α,β-unsaturated/α-hetero) is 1. The molecule has 1 aromatic carbocycles. The van der Waals surface area contributed by atoms with Gasteiger partial charge in [-0.15, -0.1) is 0 Å². The molecular weight excluding hydrogens is 500 g/mol. The van der Waals surface area contributed by atoms with Crippen molar-refractivity contribution in [2.24, 2.45) is 23.2 Å². The summed E-state index contributed by atoms with van der Waals surface area (Å²) in [6.07, 6.45) is 2.53. The molecule has 7 atom stereocenters. The van der Waals surface area contributed by atoms with Crippen LogP contribution in [0.1, 0.15) is 71.7 Å². The van der Waals surface area contributed by atoms with Gasteiger partial charge in [0.05, 0.1) is 17.6 Å². The number of hydrogen-bond acceptors (Lipinski definition) is 8. The molecule has 0 aromatic heterocycles. The predicted molar refractivity (Wildman–Crippen MR) is 144 cm³/mol. The number of aliphatic hydroxyl groups is 1. The second kappa shape index (κ2) is 11.9. The molecular formula is C31H40O8. The lowest BCUT2D eigenvalue weighted by Gasteiger charge is -2.43. The van der Waals surface area contributed by atoms with Gasteiger partial charge >= 0.3 is 17.9 Å². The summed E-state index contributed by atoms with van der Waals surface area (Å²) in [4.78, 5) is 51.2. The van der Waals surface area contributed by atoms with E-state index in [0.29, 0.717) is 11.1 Å². The van der Waals surface area contributed by atoms with Gasteiger partial charge in [-0.1, -0.05) is 50.3 Å².